The van der Waals surface area contributed by atoms with E-state index in [9.17, 15) is 29.1 Å². The Balaban J connectivity index is 1.49. The van der Waals surface area contributed by atoms with Crippen molar-refractivity contribution >= 4 is 75.9 Å². The van der Waals surface area contributed by atoms with Gasteiger partial charge in [0, 0.05) is 23.9 Å². The number of carbonyl (C=O) groups excluding carboxylic acids is 4. The standard InChI is InChI=1S/C20H21N9O8S3/c1-3-36-11(31)4-37-25-12(10-7-39-19(22-10)21-8-30)15(32)23-13-16(33)29-14(18(34)35)9(5-38-17(13)29)6-40-20-24-26-27-28(20)2/h7-8,13,17H,3-6H2,1-2H3,(H,23,32)(H,34,35)(H,21,22,30)/t13?,17-/m0/s1. The minimum atomic E-state index is -1.28. The molecule has 1 saturated heterocycles. The predicted octanol–water partition coefficient (Wildman–Crippen LogP) is -0.950. The van der Waals surface area contributed by atoms with Crippen molar-refractivity contribution in [2.45, 2.75) is 23.5 Å². The number of fused-ring (bicyclic) bond motifs is 1. The van der Waals surface area contributed by atoms with E-state index in [2.05, 4.69) is 36.3 Å². The number of aromatic nitrogens is 5. The van der Waals surface area contributed by atoms with E-state index >= 15 is 0 Å². The van der Waals surface area contributed by atoms with E-state index in [1.807, 2.05) is 0 Å². The van der Waals surface area contributed by atoms with Crippen LogP contribution < -0.4 is 10.6 Å². The first-order valence-electron chi connectivity index (χ1n) is 11.3. The molecule has 2 aromatic heterocycles. The van der Waals surface area contributed by atoms with Crippen LogP contribution in [0.3, 0.4) is 0 Å². The zero-order valence-corrected chi connectivity index (χ0v) is 23.2. The summed E-state index contributed by atoms with van der Waals surface area (Å²) in [6, 6.07) is -1.06. The monoisotopic (exact) mass is 611 g/mol. The van der Waals surface area contributed by atoms with Gasteiger partial charge in [0.05, 0.1) is 6.61 Å². The first-order valence-corrected chi connectivity index (χ1v) is 14.2. The third kappa shape index (κ3) is 6.23. The summed E-state index contributed by atoms with van der Waals surface area (Å²) in [5, 5.41) is 31.0. The molecule has 0 bridgehead atoms. The number of aryl methyl sites for hydroxylation is 1. The van der Waals surface area contributed by atoms with Crippen molar-refractivity contribution in [3.05, 3.63) is 22.3 Å². The second-order valence-corrected chi connectivity index (χ2v) is 10.7. The molecule has 212 valence electrons. The lowest BCUT2D eigenvalue weighted by Crippen LogP contribution is -2.71. The molecule has 0 spiro atoms. The van der Waals surface area contributed by atoms with Gasteiger partial charge in [0.1, 0.15) is 22.8 Å². The highest BCUT2D eigenvalue weighted by Crippen LogP contribution is 2.41. The Labute approximate surface area is 237 Å². The van der Waals surface area contributed by atoms with E-state index in [0.717, 1.165) is 16.2 Å². The van der Waals surface area contributed by atoms with E-state index in [0.29, 0.717) is 17.1 Å². The van der Waals surface area contributed by atoms with Crippen LogP contribution in [-0.4, -0.2) is 107 Å². The average molecular weight is 612 g/mol. The number of β-lactam (4-membered cyclic amide) rings is 1. The Kier molecular flexibility index (Phi) is 9.32. The molecule has 40 heavy (non-hydrogen) atoms. The van der Waals surface area contributed by atoms with Crippen LogP contribution in [0.25, 0.3) is 0 Å². The van der Waals surface area contributed by atoms with Gasteiger partial charge in [0.15, 0.2) is 10.8 Å². The van der Waals surface area contributed by atoms with E-state index in [-0.39, 0.29) is 40.3 Å². The largest absolute Gasteiger partial charge is 0.477 e. The molecule has 0 radical (unpaired) electrons. The van der Waals surface area contributed by atoms with Crippen molar-refractivity contribution in [3.63, 3.8) is 0 Å². The molecule has 2 aliphatic heterocycles. The zero-order valence-electron chi connectivity index (χ0n) is 20.8. The Bertz CT molecular complexity index is 1390. The fraction of sp³-hybridized carbons (Fsp3) is 0.400. The smallest absolute Gasteiger partial charge is 0.352 e. The normalized spacial score (nSPS) is 18.5. The number of hydrogen-bond donors (Lipinski definition) is 3. The maximum Gasteiger partial charge on any atom is 0.352 e. The van der Waals surface area contributed by atoms with Gasteiger partial charge in [-0.15, -0.1) is 28.2 Å². The number of anilines is 1. The molecule has 3 N–H and O–H groups in total. The Morgan fingerprint density at radius 2 is 2.17 bits per heavy atom. The SMILES string of the molecule is CCOC(=O)CON=C(C(=O)NC1C(=O)N2C(C(=O)O)=C(CSc3nnnn3C)CS[C@@H]12)c1csc(NC=O)n1. The van der Waals surface area contributed by atoms with Crippen LogP contribution in [0, 0.1) is 0 Å². The van der Waals surface area contributed by atoms with Crippen molar-refractivity contribution < 1.29 is 38.7 Å². The first-order chi connectivity index (χ1) is 19.2. The number of carboxylic acid groups (broad SMARTS) is 1. The number of nitrogens with one attached hydrogen (secondary N) is 2. The number of esters is 1. The summed E-state index contributed by atoms with van der Waals surface area (Å²) in [7, 11) is 1.65. The molecule has 3 amide bonds. The van der Waals surface area contributed by atoms with Crippen LogP contribution in [0.1, 0.15) is 12.6 Å². The number of oxime groups is 1. The van der Waals surface area contributed by atoms with Gasteiger partial charge in [0.25, 0.3) is 11.8 Å². The van der Waals surface area contributed by atoms with Gasteiger partial charge in [-0.1, -0.05) is 16.9 Å². The molecule has 2 aromatic rings. The fourth-order valence-electron chi connectivity index (χ4n) is 3.56. The molecule has 2 atom stereocenters. The van der Waals surface area contributed by atoms with Crippen molar-refractivity contribution in [3.8, 4) is 0 Å². The summed E-state index contributed by atoms with van der Waals surface area (Å²) in [4.78, 5) is 70.9. The predicted molar refractivity (Wildman–Crippen MR) is 140 cm³/mol. The topological polar surface area (TPSA) is 220 Å². The van der Waals surface area contributed by atoms with Crippen LogP contribution in [0.2, 0.25) is 0 Å². The number of ether oxygens (including phenoxy) is 1. The van der Waals surface area contributed by atoms with Crippen molar-refractivity contribution in [2.75, 3.05) is 30.0 Å². The zero-order chi connectivity index (χ0) is 28.8. The van der Waals surface area contributed by atoms with Crippen LogP contribution in [-0.2, 0) is 40.6 Å². The molecule has 4 heterocycles. The number of rotatable bonds is 13. The van der Waals surface area contributed by atoms with Crippen molar-refractivity contribution in [1.29, 1.82) is 0 Å². The van der Waals surface area contributed by atoms with Gasteiger partial charge in [-0.2, -0.15) is 0 Å². The number of nitrogens with zero attached hydrogens (tertiary/aromatic N) is 7. The fourth-order valence-corrected chi connectivity index (χ4v) is 6.54. The summed E-state index contributed by atoms with van der Waals surface area (Å²) in [6.45, 7) is 1.15. The molecule has 17 nitrogen and oxygen atoms in total. The number of tetrazole rings is 1. The van der Waals surface area contributed by atoms with Gasteiger partial charge >= 0.3 is 11.9 Å². The van der Waals surface area contributed by atoms with Crippen molar-refractivity contribution in [2.24, 2.45) is 12.2 Å². The molecule has 20 heteroatoms. The molecule has 2 aliphatic rings. The number of carboxylic acids is 1. The lowest BCUT2D eigenvalue weighted by atomic mass is 10.0. The maximum atomic E-state index is 13.2. The van der Waals surface area contributed by atoms with Crippen LogP contribution in [0.4, 0.5) is 5.13 Å². The summed E-state index contributed by atoms with van der Waals surface area (Å²) in [6.07, 6.45) is 0.406. The summed E-state index contributed by atoms with van der Waals surface area (Å²) >= 11 is 3.52. The molecule has 1 unspecified atom stereocenters. The highest BCUT2D eigenvalue weighted by atomic mass is 32.2. The number of thiazole rings is 1. The summed E-state index contributed by atoms with van der Waals surface area (Å²) in [5.41, 5.74) is -0.000875. The lowest BCUT2D eigenvalue weighted by Gasteiger charge is -2.49. The lowest BCUT2D eigenvalue weighted by molar-refractivity contribution is -0.150. The van der Waals surface area contributed by atoms with Gasteiger partial charge in [-0.25, -0.2) is 19.3 Å². The second kappa shape index (κ2) is 12.9. The van der Waals surface area contributed by atoms with Gasteiger partial charge in [0.2, 0.25) is 18.2 Å². The number of hydrogen-bond acceptors (Lipinski definition) is 15. The van der Waals surface area contributed by atoms with Crippen LogP contribution >= 0.6 is 34.9 Å². The quantitative estimate of drug-likeness (QED) is 0.0621. The van der Waals surface area contributed by atoms with E-state index < -0.39 is 41.8 Å². The number of amides is 3. The van der Waals surface area contributed by atoms with Crippen molar-refractivity contribution in [1.82, 2.24) is 35.4 Å². The Hall–Kier alpha value is -4.04. The maximum absolute atomic E-state index is 13.2. The first kappa shape index (κ1) is 29.0. The number of carbonyl (C=O) groups is 5. The minimum absolute atomic E-state index is 0.0133. The third-order valence-corrected chi connectivity index (χ3v) is 8.49. The molecular formula is C20H21N9O8S3. The summed E-state index contributed by atoms with van der Waals surface area (Å²) < 4.78 is 6.20. The highest BCUT2D eigenvalue weighted by molar-refractivity contribution is 8.01. The molecule has 0 aliphatic carbocycles. The van der Waals surface area contributed by atoms with E-state index in [1.165, 1.54) is 33.6 Å². The summed E-state index contributed by atoms with van der Waals surface area (Å²) in [5.74, 6) is -2.94. The number of aliphatic carboxylic acids is 1. The van der Waals surface area contributed by atoms with Crippen LogP contribution in [0.5, 0.6) is 0 Å². The Morgan fingerprint density at radius 1 is 1.38 bits per heavy atom. The van der Waals surface area contributed by atoms with Gasteiger partial charge in [-0.3, -0.25) is 19.3 Å². The molecule has 0 saturated carbocycles. The molecule has 0 aromatic carbocycles. The second-order valence-electron chi connectivity index (χ2n) is 7.81. The van der Waals surface area contributed by atoms with E-state index in [4.69, 9.17) is 9.57 Å². The highest BCUT2D eigenvalue weighted by Gasteiger charge is 2.54. The van der Waals surface area contributed by atoms with E-state index in [1.54, 1.807) is 14.0 Å². The number of thioether (sulfide) groups is 2. The average Bonchev–Trinajstić information content (AvgIpc) is 3.56. The van der Waals surface area contributed by atoms with Crippen LogP contribution in [0.15, 0.2) is 27.0 Å². The molecule has 1 fully saturated rings. The van der Waals surface area contributed by atoms with Gasteiger partial charge in [-0.05, 0) is 22.9 Å². The molecule has 4 rings (SSSR count). The Morgan fingerprint density at radius 3 is 2.85 bits per heavy atom. The molecular weight excluding hydrogens is 590 g/mol. The minimum Gasteiger partial charge on any atom is -0.477 e. The van der Waals surface area contributed by atoms with Gasteiger partial charge < -0.3 is 25.3 Å². The third-order valence-electron chi connectivity index (χ3n) is 5.28.